The Morgan fingerprint density at radius 3 is 2.91 bits per heavy atom. The van der Waals surface area contributed by atoms with Crippen molar-refractivity contribution < 1.29 is 10.2 Å². The van der Waals surface area contributed by atoms with E-state index < -0.39 is 0 Å². The van der Waals surface area contributed by atoms with Crippen LogP contribution in [0.1, 0.15) is 26.2 Å². The monoisotopic (exact) mass is 156 g/mol. The van der Waals surface area contributed by atoms with Crippen LogP contribution in [-0.2, 0) is 0 Å². The quantitative estimate of drug-likeness (QED) is 0.558. The molecule has 0 aromatic heterocycles. The summed E-state index contributed by atoms with van der Waals surface area (Å²) in [5.74, 6) is 0.626. The molecule has 2 unspecified atom stereocenters. The van der Waals surface area contributed by atoms with Gasteiger partial charge in [0, 0.05) is 0 Å². The van der Waals surface area contributed by atoms with Crippen molar-refractivity contribution in [2.75, 3.05) is 6.61 Å². The molecule has 0 aromatic carbocycles. The molecule has 2 nitrogen and oxygen atoms in total. The van der Waals surface area contributed by atoms with E-state index in [4.69, 9.17) is 5.11 Å². The van der Waals surface area contributed by atoms with E-state index in [2.05, 4.69) is 6.92 Å². The molecule has 0 heterocycles. The fourth-order valence-electron chi connectivity index (χ4n) is 1.59. The molecule has 0 amide bonds. The van der Waals surface area contributed by atoms with E-state index in [0.717, 1.165) is 24.8 Å². The number of hydrogen-bond donors (Lipinski definition) is 2. The van der Waals surface area contributed by atoms with E-state index >= 15 is 0 Å². The summed E-state index contributed by atoms with van der Waals surface area (Å²) in [6.07, 6.45) is 4.37. The highest BCUT2D eigenvalue weighted by Gasteiger charge is 2.20. The van der Waals surface area contributed by atoms with Gasteiger partial charge in [0.2, 0.25) is 0 Å². The van der Waals surface area contributed by atoms with Crippen molar-refractivity contribution in [3.8, 4) is 0 Å². The zero-order valence-electron chi connectivity index (χ0n) is 6.95. The molecule has 0 saturated heterocycles. The van der Waals surface area contributed by atoms with Crippen molar-refractivity contribution in [3.05, 3.63) is 11.6 Å². The van der Waals surface area contributed by atoms with E-state index in [1.54, 1.807) is 6.08 Å². The van der Waals surface area contributed by atoms with E-state index in [0.29, 0.717) is 5.92 Å². The maximum absolute atomic E-state index is 9.49. The first-order chi connectivity index (χ1) is 5.24. The fraction of sp³-hybridized carbons (Fsp3) is 0.778. The summed E-state index contributed by atoms with van der Waals surface area (Å²) in [5, 5.41) is 18.1. The maximum atomic E-state index is 9.49. The summed E-state index contributed by atoms with van der Waals surface area (Å²) in [6, 6.07) is 0. The third kappa shape index (κ3) is 2.31. The Morgan fingerprint density at radius 2 is 2.36 bits per heavy atom. The second-order valence-corrected chi connectivity index (χ2v) is 3.36. The third-order valence-corrected chi connectivity index (χ3v) is 2.33. The van der Waals surface area contributed by atoms with Gasteiger partial charge in [0.25, 0.3) is 0 Å². The Balaban J connectivity index is 2.50. The lowest BCUT2D eigenvalue weighted by atomic mass is 9.85. The van der Waals surface area contributed by atoms with Crippen molar-refractivity contribution in [1.82, 2.24) is 0 Å². The van der Waals surface area contributed by atoms with Gasteiger partial charge in [-0.05, 0) is 30.8 Å². The highest BCUT2D eigenvalue weighted by Crippen LogP contribution is 2.27. The average Bonchev–Trinajstić information content (AvgIpc) is 1.95. The van der Waals surface area contributed by atoms with E-state index in [9.17, 15) is 5.11 Å². The lowest BCUT2D eigenvalue weighted by Crippen LogP contribution is -2.20. The van der Waals surface area contributed by atoms with Crippen LogP contribution in [-0.4, -0.2) is 22.9 Å². The van der Waals surface area contributed by atoms with Crippen LogP contribution in [0, 0.1) is 5.92 Å². The Bertz CT molecular complexity index is 152. The zero-order valence-corrected chi connectivity index (χ0v) is 6.95. The summed E-state index contributed by atoms with van der Waals surface area (Å²) in [7, 11) is 0. The van der Waals surface area contributed by atoms with E-state index in [1.165, 1.54) is 0 Å². The first kappa shape index (κ1) is 8.75. The van der Waals surface area contributed by atoms with Gasteiger partial charge in [0.1, 0.15) is 0 Å². The molecule has 1 rings (SSSR count). The Labute approximate surface area is 67.6 Å². The second kappa shape index (κ2) is 3.88. The van der Waals surface area contributed by atoms with Crippen molar-refractivity contribution in [3.63, 3.8) is 0 Å². The highest BCUT2D eigenvalue weighted by molar-refractivity contribution is 5.10. The van der Waals surface area contributed by atoms with Crippen LogP contribution in [0.15, 0.2) is 11.6 Å². The van der Waals surface area contributed by atoms with Crippen molar-refractivity contribution in [2.45, 2.75) is 32.3 Å². The molecule has 1 aliphatic rings. The van der Waals surface area contributed by atoms with Crippen LogP contribution >= 0.6 is 0 Å². The summed E-state index contributed by atoms with van der Waals surface area (Å²) in [4.78, 5) is 0. The van der Waals surface area contributed by atoms with Crippen LogP contribution in [0.3, 0.4) is 0 Å². The van der Waals surface area contributed by atoms with Crippen molar-refractivity contribution in [2.24, 2.45) is 5.92 Å². The molecule has 0 bridgehead atoms. The topological polar surface area (TPSA) is 40.5 Å². The van der Waals surface area contributed by atoms with Crippen LogP contribution < -0.4 is 0 Å². The molecule has 11 heavy (non-hydrogen) atoms. The van der Waals surface area contributed by atoms with Gasteiger partial charge in [-0.2, -0.15) is 0 Å². The molecular weight excluding hydrogens is 140 g/mol. The van der Waals surface area contributed by atoms with Gasteiger partial charge in [0.15, 0.2) is 0 Å². The predicted molar refractivity (Wildman–Crippen MR) is 44.2 cm³/mol. The van der Waals surface area contributed by atoms with Crippen LogP contribution in [0.4, 0.5) is 0 Å². The minimum atomic E-state index is -0.300. The van der Waals surface area contributed by atoms with Crippen molar-refractivity contribution >= 4 is 0 Å². The van der Waals surface area contributed by atoms with Crippen LogP contribution in [0.2, 0.25) is 0 Å². The Hall–Kier alpha value is -0.340. The van der Waals surface area contributed by atoms with Gasteiger partial charge >= 0.3 is 0 Å². The lowest BCUT2D eigenvalue weighted by Gasteiger charge is -2.25. The second-order valence-electron chi connectivity index (χ2n) is 3.36. The number of hydrogen-bond acceptors (Lipinski definition) is 2. The molecule has 0 spiro atoms. The van der Waals surface area contributed by atoms with Gasteiger partial charge in [0.05, 0.1) is 12.7 Å². The van der Waals surface area contributed by atoms with E-state index in [1.807, 2.05) is 0 Å². The first-order valence-corrected chi connectivity index (χ1v) is 4.22. The molecule has 2 N–H and O–H groups in total. The lowest BCUT2D eigenvalue weighted by molar-refractivity contribution is 0.152. The summed E-state index contributed by atoms with van der Waals surface area (Å²) in [5.41, 5.74) is 1.02. The third-order valence-electron chi connectivity index (χ3n) is 2.33. The molecule has 2 atom stereocenters. The number of aliphatic hydroxyl groups is 2. The molecule has 1 saturated carbocycles. The standard InChI is InChI=1S/C9H16O2/c1-7-2-3-8(4-5-10)9(11)6-7/h4,7,9-11H,2-3,5-6H2,1H3/b8-4-. The largest absolute Gasteiger partial charge is 0.392 e. The molecule has 2 heteroatoms. The minimum Gasteiger partial charge on any atom is -0.392 e. The molecule has 1 fully saturated rings. The SMILES string of the molecule is CC1CC/C(=C/CO)C(O)C1. The molecule has 0 radical (unpaired) electrons. The number of rotatable bonds is 1. The van der Waals surface area contributed by atoms with Crippen molar-refractivity contribution in [1.29, 1.82) is 0 Å². The molecule has 0 aliphatic heterocycles. The summed E-state index contributed by atoms with van der Waals surface area (Å²) in [6.45, 7) is 2.21. The smallest absolute Gasteiger partial charge is 0.0753 e. The van der Waals surface area contributed by atoms with Crippen LogP contribution in [0.5, 0.6) is 0 Å². The Kier molecular flexibility index (Phi) is 3.09. The zero-order chi connectivity index (χ0) is 8.27. The van der Waals surface area contributed by atoms with Crippen LogP contribution in [0.25, 0.3) is 0 Å². The number of aliphatic hydroxyl groups excluding tert-OH is 2. The fourth-order valence-corrected chi connectivity index (χ4v) is 1.59. The van der Waals surface area contributed by atoms with Gasteiger partial charge < -0.3 is 10.2 Å². The van der Waals surface area contributed by atoms with Gasteiger partial charge in [-0.25, -0.2) is 0 Å². The molecule has 64 valence electrons. The Morgan fingerprint density at radius 1 is 1.64 bits per heavy atom. The van der Waals surface area contributed by atoms with Gasteiger partial charge in [-0.15, -0.1) is 0 Å². The normalized spacial score (nSPS) is 36.1. The van der Waals surface area contributed by atoms with Gasteiger partial charge in [-0.3, -0.25) is 0 Å². The minimum absolute atomic E-state index is 0.0563. The highest BCUT2D eigenvalue weighted by atomic mass is 16.3. The summed E-state index contributed by atoms with van der Waals surface area (Å²) < 4.78 is 0. The molecular formula is C9H16O2. The first-order valence-electron chi connectivity index (χ1n) is 4.22. The maximum Gasteiger partial charge on any atom is 0.0753 e. The molecule has 0 aromatic rings. The average molecular weight is 156 g/mol. The van der Waals surface area contributed by atoms with Gasteiger partial charge in [-0.1, -0.05) is 13.0 Å². The molecule has 1 aliphatic carbocycles. The summed E-state index contributed by atoms with van der Waals surface area (Å²) >= 11 is 0. The predicted octanol–water partition coefficient (Wildman–Crippen LogP) is 1.09. The van der Waals surface area contributed by atoms with E-state index in [-0.39, 0.29) is 12.7 Å².